The van der Waals surface area contributed by atoms with Gasteiger partial charge in [-0.3, -0.25) is 24.3 Å². The number of hydrogen-bond donors (Lipinski definition) is 2. The standard InChI is InChI=1S/C15H16N4O3/c1-8-17-10-5-3-4-9(16)12(10)13(21)19(8)15(2)7-6-11(20)18-14(15)22/h3-5H,6-7,16H2,1-2H3,(H,18,20,22)/i1D2,2D3,3D,4D,5D,6D2,7D2. The van der Waals surface area contributed by atoms with Crippen molar-refractivity contribution < 1.29 is 26.0 Å². The Labute approximate surface area is 143 Å². The van der Waals surface area contributed by atoms with Gasteiger partial charge in [-0.15, -0.1) is 0 Å². The minimum absolute atomic E-state index is 0.203. The molecule has 7 heteroatoms. The van der Waals surface area contributed by atoms with Crippen LogP contribution in [0.15, 0.2) is 22.9 Å². The summed E-state index contributed by atoms with van der Waals surface area (Å²) in [5.74, 6) is -4.97. The van der Waals surface area contributed by atoms with Crippen LogP contribution in [0.3, 0.4) is 0 Å². The monoisotopic (exact) mass is 312 g/mol. The third kappa shape index (κ3) is 1.89. The summed E-state index contributed by atoms with van der Waals surface area (Å²) in [6.45, 7) is -6.32. The van der Waals surface area contributed by atoms with Gasteiger partial charge in [0.2, 0.25) is 5.91 Å². The molecule has 1 aromatic carbocycles. The normalized spacial score (nSPS) is 35.1. The number of nitrogens with zero attached hydrogens (tertiary/aromatic N) is 2. The van der Waals surface area contributed by atoms with Crippen LogP contribution in [-0.4, -0.2) is 21.4 Å². The number of aromatic nitrogens is 2. The molecule has 1 aromatic heterocycles. The number of amides is 2. The highest BCUT2D eigenvalue weighted by atomic mass is 16.2. The molecule has 22 heavy (non-hydrogen) atoms. The number of carbonyl (C=O) groups is 2. The van der Waals surface area contributed by atoms with Gasteiger partial charge in [-0.1, -0.05) is 6.04 Å². The van der Waals surface area contributed by atoms with Gasteiger partial charge in [0.25, 0.3) is 11.5 Å². The number of fused-ring (bicyclic) bond motifs is 1. The van der Waals surface area contributed by atoms with E-state index in [-0.39, 0.29) is 4.57 Å². The zero-order chi connectivity index (χ0) is 26.3. The number of hydrogen-bond acceptors (Lipinski definition) is 5. The lowest BCUT2D eigenvalue weighted by Crippen LogP contribution is -2.56. The van der Waals surface area contributed by atoms with Gasteiger partial charge < -0.3 is 5.73 Å². The van der Waals surface area contributed by atoms with Crippen molar-refractivity contribution in [2.24, 2.45) is 0 Å². The van der Waals surface area contributed by atoms with Gasteiger partial charge >= 0.3 is 0 Å². The first kappa shape index (κ1) is 5.83. The fourth-order valence-electron chi connectivity index (χ4n) is 2.00. The molecule has 114 valence electrons. The van der Waals surface area contributed by atoms with Crippen molar-refractivity contribution >= 4 is 28.4 Å². The molecule has 2 amide bonds. The number of benzene rings is 1. The zero-order valence-corrected chi connectivity index (χ0v) is 10.8. The van der Waals surface area contributed by atoms with Crippen molar-refractivity contribution in [1.29, 1.82) is 0 Å². The van der Waals surface area contributed by atoms with Gasteiger partial charge in [0.05, 0.1) is 15.0 Å². The summed E-state index contributed by atoms with van der Waals surface area (Å²) >= 11 is 0. The predicted molar refractivity (Wildman–Crippen MR) is 81.2 cm³/mol. The Morgan fingerprint density at radius 2 is 2.32 bits per heavy atom. The predicted octanol–water partition coefficient (Wildman–Crippen LogP) is 0.439. The van der Waals surface area contributed by atoms with Gasteiger partial charge in [0.1, 0.15) is 11.4 Å². The number of aryl methyl sites for hydroxylation is 1. The number of piperidine rings is 1. The molecule has 1 aliphatic rings. The van der Waals surface area contributed by atoms with Crippen LogP contribution in [0.5, 0.6) is 0 Å². The second-order valence-corrected chi connectivity index (χ2v) is 4.37. The lowest BCUT2D eigenvalue weighted by atomic mass is 9.90. The maximum absolute atomic E-state index is 13.6. The molecule has 2 aromatic rings. The fourth-order valence-corrected chi connectivity index (χ4v) is 2.00. The van der Waals surface area contributed by atoms with Gasteiger partial charge in [0.15, 0.2) is 0 Å². The summed E-state index contributed by atoms with van der Waals surface area (Å²) in [6, 6.07) is -2.47. The minimum atomic E-state index is -3.98. The Morgan fingerprint density at radius 3 is 3.05 bits per heavy atom. The molecule has 1 aliphatic heterocycles. The maximum Gasteiger partial charge on any atom is 0.264 e. The summed E-state index contributed by atoms with van der Waals surface area (Å²) in [5.41, 5.74) is -1.30. The molecular weight excluding hydrogens is 284 g/mol. The molecule has 0 spiro atoms. The lowest BCUT2D eigenvalue weighted by Gasteiger charge is -2.34. The molecule has 1 unspecified atom stereocenters. The van der Waals surface area contributed by atoms with Crippen molar-refractivity contribution in [1.82, 2.24) is 14.9 Å². The Kier molecular flexibility index (Phi) is 1.23. The summed E-state index contributed by atoms with van der Waals surface area (Å²) in [7, 11) is 0. The lowest BCUT2D eigenvalue weighted by molar-refractivity contribution is -0.140. The van der Waals surface area contributed by atoms with Gasteiger partial charge in [-0.2, -0.15) is 0 Å². The molecule has 3 N–H and O–H groups in total. The third-order valence-electron chi connectivity index (χ3n) is 3.00. The highest BCUT2D eigenvalue weighted by Crippen LogP contribution is 2.27. The van der Waals surface area contributed by atoms with Crippen LogP contribution in [0.25, 0.3) is 10.9 Å². The maximum atomic E-state index is 13.6. The van der Waals surface area contributed by atoms with Crippen molar-refractivity contribution in [3.05, 3.63) is 34.3 Å². The van der Waals surface area contributed by atoms with Crippen molar-refractivity contribution in [2.45, 2.75) is 32.0 Å². The summed E-state index contributed by atoms with van der Waals surface area (Å²) < 4.78 is 95.2. The summed E-state index contributed by atoms with van der Waals surface area (Å²) in [5, 5.41) is 0.536. The number of rotatable bonds is 1. The molecule has 0 aliphatic carbocycles. The topological polar surface area (TPSA) is 107 Å². The number of nitrogen functional groups attached to an aromatic ring is 1. The van der Waals surface area contributed by atoms with Crippen molar-refractivity contribution in [3.63, 3.8) is 0 Å². The quantitative estimate of drug-likeness (QED) is 0.587. The van der Waals surface area contributed by atoms with Crippen molar-refractivity contribution in [2.75, 3.05) is 5.73 Å². The van der Waals surface area contributed by atoms with Crippen LogP contribution in [0, 0.1) is 6.88 Å². The average Bonchev–Trinajstić information content (AvgIpc) is 2.69. The summed E-state index contributed by atoms with van der Waals surface area (Å²) in [4.78, 5) is 42.5. The Bertz CT molecular complexity index is 1320. The first-order valence-electron chi connectivity index (χ1n) is 12.0. The van der Waals surface area contributed by atoms with Gasteiger partial charge in [-0.05, 0) is 32.2 Å². The van der Waals surface area contributed by atoms with Crippen LogP contribution in [0.2, 0.25) is 0 Å². The molecule has 0 bridgehead atoms. The van der Waals surface area contributed by atoms with E-state index in [1.807, 2.05) is 0 Å². The molecule has 7 nitrogen and oxygen atoms in total. The number of carbonyl (C=O) groups excluding carboxylic acids is 2. The van der Waals surface area contributed by atoms with E-state index in [9.17, 15) is 14.4 Å². The highest BCUT2D eigenvalue weighted by molar-refractivity contribution is 6.01. The average molecular weight is 312 g/mol. The van der Waals surface area contributed by atoms with Crippen LogP contribution < -0.4 is 16.6 Å². The minimum Gasteiger partial charge on any atom is -0.398 e. The number of nitrogens with two attached hydrogens (primary N) is 1. The van der Waals surface area contributed by atoms with E-state index in [1.165, 1.54) is 5.32 Å². The SMILES string of the molecule is [2H]c1c([2H])c(N)c2c(=O)n(C3(C([2H])([2H])[2H])C(=O)NC(=O)C([2H])([2H])C3([2H])[2H])c(C([2H])[2H])nc2c1[2H]. The summed E-state index contributed by atoms with van der Waals surface area (Å²) in [6.07, 6.45) is -7.69. The highest BCUT2D eigenvalue weighted by Gasteiger charge is 2.42. The Hall–Kier alpha value is -2.70. The number of imide groups is 1. The van der Waals surface area contributed by atoms with Crippen LogP contribution in [-0.2, 0) is 15.1 Å². The molecule has 0 saturated carbocycles. The van der Waals surface area contributed by atoms with E-state index in [0.717, 1.165) is 0 Å². The van der Waals surface area contributed by atoms with E-state index in [4.69, 9.17) is 22.2 Å². The van der Waals surface area contributed by atoms with E-state index in [2.05, 4.69) is 4.98 Å². The molecule has 0 radical (unpaired) electrons. The molecule has 1 fully saturated rings. The molecule has 1 saturated heterocycles. The molecule has 3 rings (SSSR count). The molecule has 1 atom stereocenters. The first-order valence-corrected chi connectivity index (χ1v) is 5.81. The van der Waals surface area contributed by atoms with Crippen LogP contribution in [0.1, 0.15) is 41.9 Å². The van der Waals surface area contributed by atoms with Crippen LogP contribution >= 0.6 is 0 Å². The zero-order valence-electron chi connectivity index (χ0n) is 22.8. The molecule has 2 heterocycles. The van der Waals surface area contributed by atoms with E-state index < -0.39 is 89.9 Å². The van der Waals surface area contributed by atoms with Crippen molar-refractivity contribution in [3.8, 4) is 0 Å². The second-order valence-electron chi connectivity index (χ2n) is 4.37. The van der Waals surface area contributed by atoms with E-state index in [1.54, 1.807) is 0 Å². The first-order chi connectivity index (χ1) is 15.3. The molecular formula is C15H16N4O3. The second kappa shape index (κ2) is 4.66. The smallest absolute Gasteiger partial charge is 0.264 e. The van der Waals surface area contributed by atoms with E-state index >= 15 is 0 Å². The fraction of sp³-hybridized carbons (Fsp3) is 0.333. The number of nitrogens with one attached hydrogen (secondary N) is 1. The van der Waals surface area contributed by atoms with Gasteiger partial charge in [-0.25, -0.2) is 4.98 Å². The largest absolute Gasteiger partial charge is 0.398 e. The Balaban J connectivity index is 2.74. The van der Waals surface area contributed by atoms with Crippen LogP contribution in [0.4, 0.5) is 5.69 Å². The van der Waals surface area contributed by atoms with E-state index in [0.29, 0.717) is 0 Å². The Morgan fingerprint density at radius 1 is 1.50 bits per heavy atom. The van der Waals surface area contributed by atoms with Gasteiger partial charge in [0, 0.05) is 24.4 Å². The third-order valence-corrected chi connectivity index (χ3v) is 3.00. The number of anilines is 1.